The van der Waals surface area contributed by atoms with Gasteiger partial charge in [0.15, 0.2) is 0 Å². The maximum Gasteiger partial charge on any atom is 0.323 e. The third-order valence-corrected chi connectivity index (χ3v) is 3.44. The average molecular weight is 375 g/mol. The second-order valence-corrected chi connectivity index (χ2v) is 5.68. The number of carbonyl (C=O) groups is 1. The summed E-state index contributed by atoms with van der Waals surface area (Å²) in [5, 5.41) is 5.92. The van der Waals surface area contributed by atoms with E-state index in [9.17, 15) is 4.79 Å². The van der Waals surface area contributed by atoms with Gasteiger partial charge in [-0.2, -0.15) is 0 Å². The van der Waals surface area contributed by atoms with Crippen LogP contribution in [0.1, 0.15) is 0 Å². The molecule has 4 nitrogen and oxygen atoms in total. The van der Waals surface area contributed by atoms with Crippen LogP contribution in [0.15, 0.2) is 40.9 Å². The van der Waals surface area contributed by atoms with Crippen LogP contribution in [-0.2, 0) is 0 Å². The van der Waals surface area contributed by atoms with Crippen LogP contribution in [0.2, 0.25) is 10.0 Å². The van der Waals surface area contributed by atoms with E-state index in [0.29, 0.717) is 27.1 Å². The third kappa shape index (κ3) is 3.79. The summed E-state index contributed by atoms with van der Waals surface area (Å²) in [6, 6.07) is 9.66. The van der Waals surface area contributed by atoms with Crippen LogP contribution < -0.4 is 16.4 Å². The number of amides is 2. The zero-order valence-electron chi connectivity index (χ0n) is 10.1. The van der Waals surface area contributed by atoms with Crippen molar-refractivity contribution in [3.05, 3.63) is 50.9 Å². The Morgan fingerprint density at radius 1 is 1.10 bits per heavy atom. The van der Waals surface area contributed by atoms with Gasteiger partial charge in [0.25, 0.3) is 0 Å². The molecule has 7 heteroatoms. The number of halogens is 3. The standard InChI is InChI=1S/C13H10BrCl2N3O/c14-7-4-10(15)12(11(16)5-7)19-13(20)18-9-3-1-2-8(17)6-9/h1-6H,17H2,(H2,18,19,20). The minimum absolute atomic E-state index is 0.340. The van der Waals surface area contributed by atoms with E-state index in [1.807, 2.05) is 0 Å². The summed E-state index contributed by atoms with van der Waals surface area (Å²) in [6.07, 6.45) is 0. The molecule has 0 aromatic heterocycles. The molecule has 2 aromatic rings. The lowest BCUT2D eigenvalue weighted by molar-refractivity contribution is 0.262. The largest absolute Gasteiger partial charge is 0.399 e. The Balaban J connectivity index is 2.13. The second-order valence-electron chi connectivity index (χ2n) is 3.95. The Hall–Kier alpha value is -1.43. The molecule has 0 aliphatic rings. The van der Waals surface area contributed by atoms with Crippen LogP contribution in [0.4, 0.5) is 21.9 Å². The predicted octanol–water partition coefficient (Wildman–Crippen LogP) is 4.98. The van der Waals surface area contributed by atoms with Gasteiger partial charge in [0.05, 0.1) is 15.7 Å². The van der Waals surface area contributed by atoms with E-state index >= 15 is 0 Å². The first-order chi connectivity index (χ1) is 9.45. The lowest BCUT2D eigenvalue weighted by atomic mass is 10.3. The van der Waals surface area contributed by atoms with E-state index < -0.39 is 6.03 Å². The van der Waals surface area contributed by atoms with E-state index in [1.165, 1.54) is 0 Å². The Morgan fingerprint density at radius 3 is 2.35 bits per heavy atom. The summed E-state index contributed by atoms with van der Waals surface area (Å²) in [6.45, 7) is 0. The Morgan fingerprint density at radius 2 is 1.75 bits per heavy atom. The highest BCUT2D eigenvalue weighted by molar-refractivity contribution is 9.10. The molecule has 0 unspecified atom stereocenters. The van der Waals surface area contributed by atoms with Gasteiger partial charge in [-0.25, -0.2) is 4.79 Å². The predicted molar refractivity (Wildman–Crippen MR) is 87.7 cm³/mol. The number of hydrogen-bond acceptors (Lipinski definition) is 2. The number of rotatable bonds is 2. The molecule has 0 atom stereocenters. The summed E-state index contributed by atoms with van der Waals surface area (Å²) >= 11 is 15.3. The Labute approximate surface area is 134 Å². The first-order valence-electron chi connectivity index (χ1n) is 5.54. The fourth-order valence-corrected chi connectivity index (χ4v) is 2.86. The highest BCUT2D eigenvalue weighted by Crippen LogP contribution is 2.33. The molecular weight excluding hydrogens is 365 g/mol. The molecule has 0 heterocycles. The maximum absolute atomic E-state index is 11.9. The Kier molecular flexibility index (Phi) is 4.75. The maximum atomic E-state index is 11.9. The van der Waals surface area contributed by atoms with Crippen molar-refractivity contribution >= 4 is 62.2 Å². The molecule has 0 bridgehead atoms. The fraction of sp³-hybridized carbons (Fsp3) is 0. The fourth-order valence-electron chi connectivity index (χ4n) is 1.55. The van der Waals surface area contributed by atoms with Crippen molar-refractivity contribution in [2.75, 3.05) is 16.4 Å². The molecule has 0 saturated carbocycles. The van der Waals surface area contributed by atoms with Crippen molar-refractivity contribution in [2.45, 2.75) is 0 Å². The second kappa shape index (κ2) is 6.35. The number of nitrogen functional groups attached to an aromatic ring is 1. The van der Waals surface area contributed by atoms with Crippen LogP contribution >= 0.6 is 39.1 Å². The molecule has 0 aliphatic carbocycles. The van der Waals surface area contributed by atoms with Crippen LogP contribution in [0, 0.1) is 0 Å². The average Bonchev–Trinajstić information content (AvgIpc) is 2.33. The number of benzene rings is 2. The van der Waals surface area contributed by atoms with E-state index in [-0.39, 0.29) is 0 Å². The minimum atomic E-state index is -0.457. The molecule has 2 rings (SSSR count). The van der Waals surface area contributed by atoms with Gasteiger partial charge in [0.1, 0.15) is 0 Å². The number of urea groups is 1. The minimum Gasteiger partial charge on any atom is -0.399 e. The highest BCUT2D eigenvalue weighted by Gasteiger charge is 2.11. The zero-order valence-corrected chi connectivity index (χ0v) is 13.2. The normalized spacial score (nSPS) is 10.2. The summed E-state index contributed by atoms with van der Waals surface area (Å²) in [5.41, 5.74) is 7.11. The number of hydrogen-bond donors (Lipinski definition) is 3. The topological polar surface area (TPSA) is 67.1 Å². The molecule has 0 saturated heterocycles. The third-order valence-electron chi connectivity index (χ3n) is 2.39. The lowest BCUT2D eigenvalue weighted by Crippen LogP contribution is -2.20. The molecule has 104 valence electrons. The lowest BCUT2D eigenvalue weighted by Gasteiger charge is -2.11. The number of nitrogens with two attached hydrogens (primary N) is 1. The van der Waals surface area contributed by atoms with Gasteiger partial charge in [0.2, 0.25) is 0 Å². The van der Waals surface area contributed by atoms with Crippen molar-refractivity contribution in [1.29, 1.82) is 0 Å². The van der Waals surface area contributed by atoms with E-state index in [2.05, 4.69) is 26.6 Å². The summed E-state index contributed by atoms with van der Waals surface area (Å²) < 4.78 is 0.731. The molecule has 2 amide bonds. The van der Waals surface area contributed by atoms with E-state index in [4.69, 9.17) is 28.9 Å². The summed E-state index contributed by atoms with van der Waals surface area (Å²) in [4.78, 5) is 11.9. The molecule has 4 N–H and O–H groups in total. The molecule has 0 fully saturated rings. The van der Waals surface area contributed by atoms with Gasteiger partial charge in [-0.15, -0.1) is 0 Å². The van der Waals surface area contributed by atoms with Gasteiger partial charge >= 0.3 is 6.03 Å². The van der Waals surface area contributed by atoms with Gasteiger partial charge in [0, 0.05) is 15.8 Å². The number of carbonyl (C=O) groups excluding carboxylic acids is 1. The van der Waals surface area contributed by atoms with E-state index in [0.717, 1.165) is 4.47 Å². The van der Waals surface area contributed by atoms with Crippen molar-refractivity contribution < 1.29 is 4.79 Å². The van der Waals surface area contributed by atoms with Crippen LogP contribution in [0.25, 0.3) is 0 Å². The molecule has 0 aliphatic heterocycles. The van der Waals surface area contributed by atoms with Crippen molar-refractivity contribution in [2.24, 2.45) is 0 Å². The monoisotopic (exact) mass is 373 g/mol. The molecule has 20 heavy (non-hydrogen) atoms. The smallest absolute Gasteiger partial charge is 0.323 e. The molecule has 0 radical (unpaired) electrons. The van der Waals surface area contributed by atoms with Gasteiger partial charge in [-0.05, 0) is 30.3 Å². The van der Waals surface area contributed by atoms with Gasteiger partial charge in [-0.1, -0.05) is 45.2 Å². The van der Waals surface area contributed by atoms with Gasteiger partial charge in [-0.3, -0.25) is 0 Å². The van der Waals surface area contributed by atoms with Crippen LogP contribution in [-0.4, -0.2) is 6.03 Å². The van der Waals surface area contributed by atoms with Crippen molar-refractivity contribution in [3.8, 4) is 0 Å². The summed E-state index contributed by atoms with van der Waals surface area (Å²) in [7, 11) is 0. The first kappa shape index (κ1) is 15.0. The summed E-state index contributed by atoms with van der Waals surface area (Å²) in [5.74, 6) is 0. The van der Waals surface area contributed by atoms with Crippen molar-refractivity contribution in [1.82, 2.24) is 0 Å². The molecule has 2 aromatic carbocycles. The quantitative estimate of drug-likeness (QED) is 0.648. The SMILES string of the molecule is Nc1cccc(NC(=O)Nc2c(Cl)cc(Br)cc2Cl)c1. The van der Waals surface area contributed by atoms with Crippen molar-refractivity contribution in [3.63, 3.8) is 0 Å². The number of nitrogens with one attached hydrogen (secondary N) is 2. The Bertz CT molecular complexity index is 641. The first-order valence-corrected chi connectivity index (χ1v) is 7.08. The molecule has 0 spiro atoms. The van der Waals surface area contributed by atoms with Crippen LogP contribution in [0.5, 0.6) is 0 Å². The highest BCUT2D eigenvalue weighted by atomic mass is 79.9. The van der Waals surface area contributed by atoms with Crippen LogP contribution in [0.3, 0.4) is 0 Å². The zero-order chi connectivity index (χ0) is 14.7. The van der Waals surface area contributed by atoms with Gasteiger partial charge < -0.3 is 16.4 Å². The van der Waals surface area contributed by atoms with E-state index in [1.54, 1.807) is 36.4 Å². The molecular formula is C13H10BrCl2N3O. The number of anilines is 3.